The monoisotopic (exact) mass is 334 g/mol. The van der Waals surface area contributed by atoms with Crippen LogP contribution >= 0.6 is 11.3 Å². The summed E-state index contributed by atoms with van der Waals surface area (Å²) in [7, 11) is 0. The highest BCUT2D eigenvalue weighted by atomic mass is 32.1. The summed E-state index contributed by atoms with van der Waals surface area (Å²) in [5.74, 6) is 1.16. The lowest BCUT2D eigenvalue weighted by Gasteiger charge is -2.29. The van der Waals surface area contributed by atoms with E-state index in [0.29, 0.717) is 18.4 Å². The molecule has 1 N–H and O–H groups in total. The van der Waals surface area contributed by atoms with Crippen molar-refractivity contribution in [1.82, 2.24) is 10.3 Å². The molecule has 0 radical (unpaired) electrons. The van der Waals surface area contributed by atoms with Crippen molar-refractivity contribution in [1.29, 1.82) is 0 Å². The number of ether oxygens (including phenoxy) is 1. The number of thiazole rings is 1. The van der Waals surface area contributed by atoms with Crippen LogP contribution in [0.2, 0.25) is 0 Å². The molecule has 2 unspecified atom stereocenters. The van der Waals surface area contributed by atoms with Gasteiger partial charge in [-0.2, -0.15) is 0 Å². The molecule has 1 aromatic carbocycles. The number of aromatic nitrogens is 1. The van der Waals surface area contributed by atoms with E-state index in [9.17, 15) is 4.39 Å². The second-order valence-electron chi connectivity index (χ2n) is 6.22. The molecule has 0 saturated heterocycles. The molecular weight excluding hydrogens is 311 g/mol. The molecule has 0 amide bonds. The second-order valence-corrected chi connectivity index (χ2v) is 7.17. The fourth-order valence-corrected chi connectivity index (χ4v) is 3.73. The van der Waals surface area contributed by atoms with Crippen LogP contribution in [0.1, 0.15) is 43.3 Å². The predicted octanol–water partition coefficient (Wildman–Crippen LogP) is 4.53. The van der Waals surface area contributed by atoms with Crippen LogP contribution in [0.3, 0.4) is 0 Å². The lowest BCUT2D eigenvalue weighted by Crippen LogP contribution is -2.36. The zero-order valence-corrected chi connectivity index (χ0v) is 14.2. The van der Waals surface area contributed by atoms with Crippen molar-refractivity contribution >= 4 is 11.3 Å². The Bertz CT molecular complexity index is 614. The summed E-state index contributed by atoms with van der Waals surface area (Å²) in [5, 5.41) is 6.68. The first-order valence-corrected chi connectivity index (χ1v) is 9.14. The molecule has 3 rings (SSSR count). The van der Waals surface area contributed by atoms with Gasteiger partial charge in [-0.3, -0.25) is 0 Å². The Morgan fingerprint density at radius 1 is 1.26 bits per heavy atom. The van der Waals surface area contributed by atoms with Gasteiger partial charge in [-0.15, -0.1) is 11.3 Å². The van der Waals surface area contributed by atoms with Crippen molar-refractivity contribution in [3.63, 3.8) is 0 Å². The molecule has 0 spiro atoms. The van der Waals surface area contributed by atoms with Gasteiger partial charge >= 0.3 is 0 Å². The number of hydrogen-bond acceptors (Lipinski definition) is 4. The third kappa shape index (κ3) is 4.75. The van der Waals surface area contributed by atoms with Crippen molar-refractivity contribution in [2.45, 2.75) is 51.8 Å². The molecule has 5 heteroatoms. The van der Waals surface area contributed by atoms with E-state index in [2.05, 4.69) is 22.6 Å². The van der Waals surface area contributed by atoms with Gasteiger partial charge in [0.25, 0.3) is 0 Å². The highest BCUT2D eigenvalue weighted by Crippen LogP contribution is 2.24. The first-order chi connectivity index (χ1) is 11.2. The second kappa shape index (κ2) is 7.88. The normalized spacial score (nSPS) is 21.3. The van der Waals surface area contributed by atoms with Crippen LogP contribution in [0.15, 0.2) is 29.6 Å². The standard InChI is InChI=1S/C18H23FN2OS/c1-13-4-2-3-5-17(13)20-10-15-12-23-18(21-15)11-22-16-8-6-14(19)7-9-16/h6-9,12-13,17,20H,2-5,10-11H2,1H3. The van der Waals surface area contributed by atoms with Crippen molar-refractivity contribution in [3.8, 4) is 5.75 Å². The Hall–Kier alpha value is -1.46. The van der Waals surface area contributed by atoms with Crippen LogP contribution in [0.25, 0.3) is 0 Å². The summed E-state index contributed by atoms with van der Waals surface area (Å²) in [6.45, 7) is 3.58. The Morgan fingerprint density at radius 3 is 2.83 bits per heavy atom. The molecule has 1 fully saturated rings. The predicted molar refractivity (Wildman–Crippen MR) is 91.1 cm³/mol. The van der Waals surface area contributed by atoms with Crippen LogP contribution in [0.4, 0.5) is 4.39 Å². The fraction of sp³-hybridized carbons (Fsp3) is 0.500. The Balaban J connectivity index is 1.47. The topological polar surface area (TPSA) is 34.1 Å². The van der Waals surface area contributed by atoms with Crippen molar-refractivity contribution in [2.24, 2.45) is 5.92 Å². The SMILES string of the molecule is CC1CCCCC1NCc1csc(COc2ccc(F)cc2)n1. The van der Waals surface area contributed by atoms with E-state index < -0.39 is 0 Å². The zero-order chi connectivity index (χ0) is 16.1. The quantitative estimate of drug-likeness (QED) is 0.843. The highest BCUT2D eigenvalue weighted by molar-refractivity contribution is 7.09. The maximum absolute atomic E-state index is 12.8. The smallest absolute Gasteiger partial charge is 0.140 e. The van der Waals surface area contributed by atoms with Crippen molar-refractivity contribution in [2.75, 3.05) is 0 Å². The molecule has 1 aliphatic rings. The fourth-order valence-electron chi connectivity index (χ4n) is 3.03. The molecule has 2 atom stereocenters. The average Bonchev–Trinajstić information content (AvgIpc) is 3.02. The van der Waals surface area contributed by atoms with Crippen molar-refractivity contribution in [3.05, 3.63) is 46.2 Å². The first kappa shape index (κ1) is 16.4. The molecule has 124 valence electrons. The molecule has 3 nitrogen and oxygen atoms in total. The van der Waals surface area contributed by atoms with Gasteiger partial charge in [0.1, 0.15) is 23.2 Å². The minimum absolute atomic E-state index is 0.253. The maximum Gasteiger partial charge on any atom is 0.140 e. The van der Waals surface area contributed by atoms with Gasteiger partial charge in [0.15, 0.2) is 0 Å². The summed E-state index contributed by atoms with van der Waals surface area (Å²) >= 11 is 1.61. The summed E-state index contributed by atoms with van der Waals surface area (Å²) in [4.78, 5) is 4.61. The Kier molecular flexibility index (Phi) is 5.62. The molecule has 1 saturated carbocycles. The van der Waals surface area contributed by atoms with Gasteiger partial charge in [0.05, 0.1) is 5.69 Å². The Morgan fingerprint density at radius 2 is 2.04 bits per heavy atom. The molecule has 1 aliphatic carbocycles. The van der Waals surface area contributed by atoms with E-state index in [1.165, 1.54) is 37.8 Å². The summed E-state index contributed by atoms with van der Waals surface area (Å²) in [5.41, 5.74) is 1.07. The van der Waals surface area contributed by atoms with Crippen molar-refractivity contribution < 1.29 is 9.13 Å². The lowest BCUT2D eigenvalue weighted by atomic mass is 9.86. The largest absolute Gasteiger partial charge is 0.486 e. The van der Waals surface area contributed by atoms with Crippen LogP contribution in [-0.4, -0.2) is 11.0 Å². The number of halogens is 1. The van der Waals surface area contributed by atoms with Crippen LogP contribution in [0, 0.1) is 11.7 Å². The number of hydrogen-bond donors (Lipinski definition) is 1. The summed E-state index contributed by atoms with van der Waals surface area (Å²) < 4.78 is 18.5. The van der Waals surface area contributed by atoms with Gasteiger partial charge in [-0.1, -0.05) is 19.8 Å². The van der Waals surface area contributed by atoms with Crippen LogP contribution in [0.5, 0.6) is 5.75 Å². The van der Waals surface area contributed by atoms with E-state index in [4.69, 9.17) is 4.74 Å². The number of nitrogens with zero attached hydrogens (tertiary/aromatic N) is 1. The number of benzene rings is 1. The first-order valence-electron chi connectivity index (χ1n) is 8.26. The molecule has 2 aromatic rings. The minimum atomic E-state index is -0.253. The van der Waals surface area contributed by atoms with Crippen LogP contribution in [-0.2, 0) is 13.2 Å². The summed E-state index contributed by atoms with van der Waals surface area (Å²) in [6.07, 6.45) is 5.29. The zero-order valence-electron chi connectivity index (χ0n) is 13.4. The number of rotatable bonds is 6. The highest BCUT2D eigenvalue weighted by Gasteiger charge is 2.20. The van der Waals surface area contributed by atoms with E-state index in [-0.39, 0.29) is 5.82 Å². The van der Waals surface area contributed by atoms with E-state index in [1.54, 1.807) is 23.5 Å². The van der Waals surface area contributed by atoms with E-state index >= 15 is 0 Å². The molecular formula is C18H23FN2OS. The average molecular weight is 334 g/mol. The lowest BCUT2D eigenvalue weighted by molar-refractivity contribution is 0.278. The van der Waals surface area contributed by atoms with Crippen LogP contribution < -0.4 is 10.1 Å². The molecule has 23 heavy (non-hydrogen) atoms. The van der Waals surface area contributed by atoms with E-state index in [1.807, 2.05) is 0 Å². The molecule has 1 aromatic heterocycles. The minimum Gasteiger partial charge on any atom is -0.486 e. The van der Waals surface area contributed by atoms with Gasteiger partial charge in [-0.05, 0) is 43.0 Å². The number of nitrogens with one attached hydrogen (secondary N) is 1. The third-order valence-electron chi connectivity index (χ3n) is 4.43. The maximum atomic E-state index is 12.8. The van der Waals surface area contributed by atoms with Gasteiger partial charge < -0.3 is 10.1 Å². The van der Waals surface area contributed by atoms with E-state index in [0.717, 1.165) is 23.2 Å². The van der Waals surface area contributed by atoms with Gasteiger partial charge in [0.2, 0.25) is 0 Å². The third-order valence-corrected chi connectivity index (χ3v) is 5.30. The molecule has 0 bridgehead atoms. The van der Waals surface area contributed by atoms with Gasteiger partial charge in [0, 0.05) is 18.0 Å². The summed E-state index contributed by atoms with van der Waals surface area (Å²) in [6, 6.07) is 6.69. The van der Waals surface area contributed by atoms with Gasteiger partial charge in [-0.25, -0.2) is 9.37 Å². The Labute approximate surface area is 140 Å². The molecule has 0 aliphatic heterocycles. The molecule has 1 heterocycles.